The van der Waals surface area contributed by atoms with Crippen LogP contribution in [0, 0.1) is 0 Å². The number of nitrogens with zero attached hydrogens (tertiary/aromatic N) is 3. The Balaban J connectivity index is 2.12. The van der Waals surface area contributed by atoms with Gasteiger partial charge in [-0.1, -0.05) is 20.8 Å². The first-order valence-corrected chi connectivity index (χ1v) is 6.24. The number of aliphatic hydroxyl groups excluding tert-OH is 1. The molecule has 0 aromatic carbocycles. The molecule has 1 aliphatic rings. The van der Waals surface area contributed by atoms with Crippen LogP contribution in [0.2, 0.25) is 0 Å². The number of hydrogen-bond donors (Lipinski definition) is 1. The van der Waals surface area contributed by atoms with Crippen LogP contribution in [0.4, 0.5) is 5.82 Å². The molecule has 94 valence electrons. The number of aliphatic hydroxyl groups is 1. The van der Waals surface area contributed by atoms with Crippen molar-refractivity contribution in [3.63, 3.8) is 0 Å². The second kappa shape index (κ2) is 4.61. The van der Waals surface area contributed by atoms with Crippen molar-refractivity contribution in [3.8, 4) is 0 Å². The van der Waals surface area contributed by atoms with E-state index in [1.807, 2.05) is 12.1 Å². The van der Waals surface area contributed by atoms with Crippen LogP contribution in [0.1, 0.15) is 39.3 Å². The highest BCUT2D eigenvalue weighted by molar-refractivity contribution is 5.38. The van der Waals surface area contributed by atoms with Crippen LogP contribution >= 0.6 is 0 Å². The summed E-state index contributed by atoms with van der Waals surface area (Å²) in [5, 5.41) is 18.2. The quantitative estimate of drug-likeness (QED) is 0.805. The average Bonchev–Trinajstić information content (AvgIpc) is 2.28. The molecule has 4 heteroatoms. The summed E-state index contributed by atoms with van der Waals surface area (Å²) < 4.78 is 0. The molecule has 4 nitrogen and oxygen atoms in total. The van der Waals surface area contributed by atoms with Gasteiger partial charge in [-0.3, -0.25) is 0 Å². The van der Waals surface area contributed by atoms with Gasteiger partial charge in [0.05, 0.1) is 11.8 Å². The minimum absolute atomic E-state index is 0.0347. The molecule has 0 radical (unpaired) electrons. The Kier molecular flexibility index (Phi) is 3.33. The summed E-state index contributed by atoms with van der Waals surface area (Å²) >= 11 is 0. The first-order chi connectivity index (χ1) is 7.97. The molecule has 2 rings (SSSR count). The Morgan fingerprint density at radius 3 is 2.59 bits per heavy atom. The first-order valence-electron chi connectivity index (χ1n) is 6.24. The second-order valence-electron chi connectivity index (χ2n) is 5.77. The molecule has 1 fully saturated rings. The Labute approximate surface area is 103 Å². The molecular formula is C13H21N3O. The summed E-state index contributed by atoms with van der Waals surface area (Å²) in [4.78, 5) is 2.10. The van der Waals surface area contributed by atoms with Crippen molar-refractivity contribution in [2.24, 2.45) is 0 Å². The zero-order chi connectivity index (χ0) is 12.5. The number of β-amino-alcohol motifs (C(OH)–C–C–N with tert-alkyl or cyclic N) is 1. The lowest BCUT2D eigenvalue weighted by molar-refractivity contribution is 0.153. The van der Waals surface area contributed by atoms with Gasteiger partial charge in [0.15, 0.2) is 5.82 Å². The molecule has 0 unspecified atom stereocenters. The smallest absolute Gasteiger partial charge is 0.151 e. The summed E-state index contributed by atoms with van der Waals surface area (Å²) in [7, 11) is 0. The topological polar surface area (TPSA) is 49.2 Å². The van der Waals surface area contributed by atoms with Gasteiger partial charge in [0.2, 0.25) is 0 Å². The fraction of sp³-hybridized carbons (Fsp3) is 0.692. The molecule has 1 saturated heterocycles. The van der Waals surface area contributed by atoms with Gasteiger partial charge < -0.3 is 10.0 Å². The fourth-order valence-electron chi connectivity index (χ4n) is 2.06. The highest BCUT2D eigenvalue weighted by Gasteiger charge is 2.20. The molecule has 1 aliphatic heterocycles. The van der Waals surface area contributed by atoms with Crippen molar-refractivity contribution in [2.75, 3.05) is 18.0 Å². The predicted octanol–water partition coefficient (Wildman–Crippen LogP) is 1.74. The Morgan fingerprint density at radius 1 is 1.29 bits per heavy atom. The Morgan fingerprint density at radius 2 is 2.06 bits per heavy atom. The molecule has 17 heavy (non-hydrogen) atoms. The van der Waals surface area contributed by atoms with E-state index in [0.717, 1.165) is 30.9 Å². The van der Waals surface area contributed by atoms with Gasteiger partial charge >= 0.3 is 0 Å². The van der Waals surface area contributed by atoms with Gasteiger partial charge in [0, 0.05) is 18.5 Å². The number of piperidine rings is 1. The summed E-state index contributed by atoms with van der Waals surface area (Å²) in [6, 6.07) is 4.04. The van der Waals surface area contributed by atoms with E-state index in [-0.39, 0.29) is 11.5 Å². The highest BCUT2D eigenvalue weighted by Crippen LogP contribution is 2.22. The third-order valence-electron chi connectivity index (χ3n) is 3.14. The van der Waals surface area contributed by atoms with Crippen molar-refractivity contribution in [1.82, 2.24) is 10.2 Å². The maximum atomic E-state index is 9.63. The van der Waals surface area contributed by atoms with E-state index in [4.69, 9.17) is 0 Å². The van der Waals surface area contributed by atoms with Crippen LogP contribution in [0.25, 0.3) is 0 Å². The molecule has 0 saturated carbocycles. The lowest BCUT2D eigenvalue weighted by Gasteiger charge is -2.30. The van der Waals surface area contributed by atoms with E-state index in [9.17, 15) is 5.11 Å². The molecule has 0 spiro atoms. The monoisotopic (exact) mass is 235 g/mol. The molecule has 0 aliphatic carbocycles. The van der Waals surface area contributed by atoms with Crippen LogP contribution in [0.3, 0.4) is 0 Å². The lowest BCUT2D eigenvalue weighted by Crippen LogP contribution is -2.38. The van der Waals surface area contributed by atoms with Gasteiger partial charge in [-0.2, -0.15) is 5.10 Å². The van der Waals surface area contributed by atoms with Crippen LogP contribution in [0.15, 0.2) is 12.1 Å². The molecule has 1 aromatic rings. The summed E-state index contributed by atoms with van der Waals surface area (Å²) in [6.07, 6.45) is 1.68. The van der Waals surface area contributed by atoms with Crippen LogP contribution < -0.4 is 4.90 Å². The second-order valence-corrected chi connectivity index (χ2v) is 5.77. The predicted molar refractivity (Wildman–Crippen MR) is 68.2 cm³/mol. The van der Waals surface area contributed by atoms with Gasteiger partial charge in [-0.15, -0.1) is 5.10 Å². The lowest BCUT2D eigenvalue weighted by atomic mass is 9.92. The molecule has 2 heterocycles. The van der Waals surface area contributed by atoms with Gasteiger partial charge in [0.25, 0.3) is 0 Å². The van der Waals surface area contributed by atoms with Crippen molar-refractivity contribution in [3.05, 3.63) is 17.8 Å². The highest BCUT2D eigenvalue weighted by atomic mass is 16.3. The third kappa shape index (κ3) is 2.94. The van der Waals surface area contributed by atoms with Crippen LogP contribution in [0.5, 0.6) is 0 Å². The summed E-state index contributed by atoms with van der Waals surface area (Å²) in [6.45, 7) is 8.01. The minimum atomic E-state index is -0.229. The van der Waals surface area contributed by atoms with E-state index in [1.54, 1.807) is 0 Å². The first kappa shape index (κ1) is 12.3. The van der Waals surface area contributed by atoms with Crippen molar-refractivity contribution < 1.29 is 5.11 Å². The Hall–Kier alpha value is -1.16. The number of aromatic nitrogens is 2. The third-order valence-corrected chi connectivity index (χ3v) is 3.14. The summed E-state index contributed by atoms with van der Waals surface area (Å²) in [5.74, 6) is 0.872. The maximum Gasteiger partial charge on any atom is 0.151 e. The zero-order valence-corrected chi connectivity index (χ0v) is 10.8. The van der Waals surface area contributed by atoms with E-state index < -0.39 is 0 Å². The molecular weight excluding hydrogens is 214 g/mol. The van der Waals surface area contributed by atoms with E-state index in [0.29, 0.717) is 6.54 Å². The largest absolute Gasteiger partial charge is 0.391 e. The number of anilines is 1. The molecule has 1 N–H and O–H groups in total. The number of rotatable bonds is 1. The van der Waals surface area contributed by atoms with Crippen molar-refractivity contribution in [2.45, 2.75) is 45.1 Å². The molecule has 0 bridgehead atoms. The zero-order valence-electron chi connectivity index (χ0n) is 10.8. The molecule has 1 atom stereocenters. The van der Waals surface area contributed by atoms with Gasteiger partial charge in [0.1, 0.15) is 0 Å². The molecule has 0 amide bonds. The summed E-state index contributed by atoms with van der Waals surface area (Å²) in [5.41, 5.74) is 1.03. The number of hydrogen-bond acceptors (Lipinski definition) is 4. The van der Waals surface area contributed by atoms with E-state index >= 15 is 0 Å². The van der Waals surface area contributed by atoms with Gasteiger partial charge in [-0.05, 0) is 25.0 Å². The minimum Gasteiger partial charge on any atom is -0.391 e. The standard InChI is InChI=1S/C13H21N3O/c1-13(2,3)11-6-7-12(15-14-11)16-8-4-5-10(17)9-16/h6-7,10,17H,4-5,8-9H2,1-3H3/t10-/m1/s1. The SMILES string of the molecule is CC(C)(C)c1ccc(N2CCC[C@@H](O)C2)nn1. The van der Waals surface area contributed by atoms with E-state index in [1.165, 1.54) is 0 Å². The van der Waals surface area contributed by atoms with Gasteiger partial charge in [-0.25, -0.2) is 0 Å². The van der Waals surface area contributed by atoms with Crippen molar-refractivity contribution in [1.29, 1.82) is 0 Å². The fourth-order valence-corrected chi connectivity index (χ4v) is 2.06. The normalized spacial score (nSPS) is 21.6. The van der Waals surface area contributed by atoms with Crippen LogP contribution in [-0.2, 0) is 5.41 Å². The van der Waals surface area contributed by atoms with E-state index in [2.05, 4.69) is 35.9 Å². The molecule has 1 aromatic heterocycles. The average molecular weight is 235 g/mol. The van der Waals surface area contributed by atoms with Crippen LogP contribution in [-0.4, -0.2) is 34.5 Å². The Bertz CT molecular complexity index is 369. The maximum absolute atomic E-state index is 9.63. The van der Waals surface area contributed by atoms with Crippen molar-refractivity contribution >= 4 is 5.82 Å².